The molecule has 4 rings (SSSR count). The predicted octanol–water partition coefficient (Wildman–Crippen LogP) is 5.37. The second-order valence-electron chi connectivity index (χ2n) is 13.0. The minimum atomic E-state index is -2.05. The third kappa shape index (κ3) is 6.34. The van der Waals surface area contributed by atoms with Gasteiger partial charge >= 0.3 is 6.09 Å². The molecule has 0 radical (unpaired) electrons. The predicted molar refractivity (Wildman–Crippen MR) is 157 cm³/mol. The van der Waals surface area contributed by atoms with Crippen LogP contribution in [0.25, 0.3) is 0 Å². The second kappa shape index (κ2) is 11.7. The van der Waals surface area contributed by atoms with Gasteiger partial charge in [-0.2, -0.15) is 0 Å². The number of anilines is 1. The lowest BCUT2D eigenvalue weighted by Crippen LogP contribution is -2.44. The molecule has 3 aliphatic rings. The number of fused-ring (bicyclic) bond motifs is 2. The number of aliphatic hydroxyl groups excluding tert-OH is 1. The maximum absolute atomic E-state index is 14.0. The van der Waals surface area contributed by atoms with Crippen LogP contribution in [0, 0.1) is 5.41 Å². The summed E-state index contributed by atoms with van der Waals surface area (Å²) in [6.45, 7) is 16.2. The number of carbonyl (C=O) groups is 2. The Kier molecular flexibility index (Phi) is 8.92. The van der Waals surface area contributed by atoms with Crippen LogP contribution >= 0.6 is 0 Å². The summed E-state index contributed by atoms with van der Waals surface area (Å²) < 4.78 is 24.1. The molecule has 0 aromatic heterocycles. The molecule has 222 valence electrons. The lowest BCUT2D eigenvalue weighted by atomic mass is 10.0. The zero-order valence-electron chi connectivity index (χ0n) is 25.0. The molecule has 2 aliphatic heterocycles. The average Bonchev–Trinajstić information content (AvgIpc) is 3.59. The molecule has 1 N–H and O–H groups in total. The Hall–Kier alpha value is -2.56. The monoisotopic (exact) mass is 574 g/mol. The minimum Gasteiger partial charge on any atom is -0.493 e. The molecule has 1 aliphatic carbocycles. The second-order valence-corrected chi connectivity index (χ2v) is 17.7. The van der Waals surface area contributed by atoms with Crippen LogP contribution < -0.4 is 14.4 Å². The summed E-state index contributed by atoms with van der Waals surface area (Å²) >= 11 is 0. The largest absolute Gasteiger partial charge is 0.493 e. The molecule has 40 heavy (non-hydrogen) atoms. The SMILES string of the molecule is C=CCOC(=O)N1C[C@@H]2C[C@@H](O[Si](C)(C)C(C)(C)C)CN2C(=O)c2cc(OC)c(OCC3(CCCO)CC3)cc21. The summed E-state index contributed by atoms with van der Waals surface area (Å²) in [5.74, 6) is 0.759. The highest BCUT2D eigenvalue weighted by Crippen LogP contribution is 2.50. The van der Waals surface area contributed by atoms with E-state index < -0.39 is 14.4 Å². The fraction of sp³-hybridized carbons (Fsp3) is 0.667. The fourth-order valence-corrected chi connectivity index (χ4v) is 6.72. The molecule has 2 heterocycles. The molecule has 10 heteroatoms. The lowest BCUT2D eigenvalue weighted by molar-refractivity contribution is 0.0728. The van der Waals surface area contributed by atoms with E-state index in [-0.39, 0.29) is 48.3 Å². The van der Waals surface area contributed by atoms with E-state index in [0.29, 0.717) is 42.3 Å². The topological polar surface area (TPSA) is 97.8 Å². The fourth-order valence-electron chi connectivity index (χ4n) is 5.36. The van der Waals surface area contributed by atoms with Gasteiger partial charge in [0.05, 0.1) is 37.1 Å². The smallest absolute Gasteiger partial charge is 0.414 e. The Balaban J connectivity index is 1.65. The van der Waals surface area contributed by atoms with Gasteiger partial charge in [-0.3, -0.25) is 9.69 Å². The van der Waals surface area contributed by atoms with Gasteiger partial charge in [0, 0.05) is 31.2 Å². The van der Waals surface area contributed by atoms with Crippen molar-refractivity contribution in [3.8, 4) is 11.5 Å². The number of nitrogens with zero attached hydrogens (tertiary/aromatic N) is 2. The van der Waals surface area contributed by atoms with Crippen LogP contribution in [0.5, 0.6) is 11.5 Å². The van der Waals surface area contributed by atoms with Crippen LogP contribution in [0.1, 0.15) is 63.2 Å². The molecule has 1 saturated carbocycles. The van der Waals surface area contributed by atoms with Gasteiger partial charge in [-0.1, -0.05) is 33.4 Å². The van der Waals surface area contributed by atoms with Crippen molar-refractivity contribution in [1.29, 1.82) is 0 Å². The molecule has 0 bridgehead atoms. The Morgan fingerprint density at radius 3 is 2.55 bits per heavy atom. The van der Waals surface area contributed by atoms with Gasteiger partial charge in [-0.05, 0) is 56.3 Å². The summed E-state index contributed by atoms with van der Waals surface area (Å²) in [5, 5.41) is 9.32. The van der Waals surface area contributed by atoms with Crippen LogP contribution in [0.15, 0.2) is 24.8 Å². The van der Waals surface area contributed by atoms with Crippen LogP contribution in [0.3, 0.4) is 0 Å². The highest BCUT2D eigenvalue weighted by atomic mass is 28.4. The van der Waals surface area contributed by atoms with E-state index in [1.807, 2.05) is 4.90 Å². The van der Waals surface area contributed by atoms with Gasteiger partial charge in [-0.15, -0.1) is 0 Å². The average molecular weight is 575 g/mol. The zero-order valence-corrected chi connectivity index (χ0v) is 26.0. The van der Waals surface area contributed by atoms with E-state index in [0.717, 1.165) is 25.7 Å². The van der Waals surface area contributed by atoms with Gasteiger partial charge in [0.2, 0.25) is 0 Å². The molecule has 2 fully saturated rings. The third-order valence-electron chi connectivity index (χ3n) is 9.00. The van der Waals surface area contributed by atoms with E-state index in [1.54, 1.807) is 24.1 Å². The van der Waals surface area contributed by atoms with Crippen molar-refractivity contribution in [1.82, 2.24) is 4.90 Å². The Morgan fingerprint density at radius 1 is 1.23 bits per heavy atom. The summed E-state index contributed by atoms with van der Waals surface area (Å²) in [4.78, 5) is 30.7. The van der Waals surface area contributed by atoms with E-state index in [4.69, 9.17) is 18.6 Å². The molecule has 1 saturated heterocycles. The summed E-state index contributed by atoms with van der Waals surface area (Å²) in [6, 6.07) is 3.20. The number of hydrogen-bond acceptors (Lipinski definition) is 7. The highest BCUT2D eigenvalue weighted by Gasteiger charge is 2.47. The van der Waals surface area contributed by atoms with Crippen LogP contribution in [0.2, 0.25) is 18.1 Å². The molecule has 2 amide bonds. The third-order valence-corrected chi connectivity index (χ3v) is 13.5. The van der Waals surface area contributed by atoms with Gasteiger partial charge in [0.25, 0.3) is 5.91 Å². The number of methoxy groups -OCH3 is 1. The lowest BCUT2D eigenvalue weighted by Gasteiger charge is -2.38. The van der Waals surface area contributed by atoms with Crippen molar-refractivity contribution in [3.63, 3.8) is 0 Å². The standard InChI is InChI=1S/C30H46N2O7Si/c1-8-14-37-28(35)32-18-21-15-22(39-40(6,7)29(2,3)4)19-31(21)27(34)23-16-25(36-5)26(17-24(23)32)38-20-30(11-12-30)10-9-13-33/h8,16-17,21-22,33H,1,9-15,18-20H2,2-7H3/t21-,22+/m0/s1. The first-order chi connectivity index (χ1) is 18.8. The van der Waals surface area contributed by atoms with Crippen molar-refractivity contribution in [2.45, 2.75) is 83.2 Å². The maximum atomic E-state index is 14.0. The normalized spacial score (nSPS) is 21.8. The van der Waals surface area contributed by atoms with E-state index >= 15 is 0 Å². The number of ether oxygens (including phenoxy) is 3. The number of amides is 2. The van der Waals surface area contributed by atoms with Crippen molar-refractivity contribution < 1.29 is 33.3 Å². The summed E-state index contributed by atoms with van der Waals surface area (Å²) in [5.41, 5.74) is 0.879. The van der Waals surface area contributed by atoms with Crippen molar-refractivity contribution in [2.75, 3.05) is 44.9 Å². The van der Waals surface area contributed by atoms with Gasteiger partial charge in [0.1, 0.15) is 6.61 Å². The zero-order chi connectivity index (χ0) is 29.3. The quantitative estimate of drug-likeness (QED) is 0.280. The molecule has 0 unspecified atom stereocenters. The Morgan fingerprint density at radius 2 is 1.95 bits per heavy atom. The van der Waals surface area contributed by atoms with Crippen LogP contribution in [-0.4, -0.2) is 82.5 Å². The summed E-state index contributed by atoms with van der Waals surface area (Å²) in [6.07, 6.45) is 5.26. The molecule has 9 nitrogen and oxygen atoms in total. The van der Waals surface area contributed by atoms with E-state index in [9.17, 15) is 14.7 Å². The number of benzene rings is 1. The minimum absolute atomic E-state index is 0.0467. The molecular weight excluding hydrogens is 528 g/mol. The van der Waals surface area contributed by atoms with Crippen molar-refractivity contribution >= 4 is 26.0 Å². The maximum Gasteiger partial charge on any atom is 0.414 e. The first-order valence-corrected chi connectivity index (χ1v) is 17.3. The molecule has 1 aromatic carbocycles. The summed E-state index contributed by atoms with van der Waals surface area (Å²) in [7, 11) is -0.504. The molecule has 2 atom stereocenters. The van der Waals surface area contributed by atoms with Crippen LogP contribution in [0.4, 0.5) is 10.5 Å². The Bertz CT molecular complexity index is 1110. The number of carbonyl (C=O) groups excluding carboxylic acids is 2. The van der Waals surface area contributed by atoms with Gasteiger partial charge in [-0.25, -0.2) is 4.79 Å². The molecule has 0 spiro atoms. The van der Waals surface area contributed by atoms with Crippen molar-refractivity contribution in [2.24, 2.45) is 5.41 Å². The highest BCUT2D eigenvalue weighted by molar-refractivity contribution is 6.74. The Labute approximate surface area is 239 Å². The number of hydrogen-bond donors (Lipinski definition) is 1. The number of rotatable bonds is 11. The van der Waals surface area contributed by atoms with Crippen LogP contribution in [-0.2, 0) is 9.16 Å². The van der Waals surface area contributed by atoms with E-state index in [2.05, 4.69) is 40.4 Å². The van der Waals surface area contributed by atoms with Gasteiger partial charge < -0.3 is 28.6 Å². The van der Waals surface area contributed by atoms with E-state index in [1.165, 1.54) is 6.08 Å². The van der Waals surface area contributed by atoms with Gasteiger partial charge in [0.15, 0.2) is 19.8 Å². The van der Waals surface area contributed by atoms with Crippen molar-refractivity contribution in [3.05, 3.63) is 30.4 Å². The molecule has 1 aromatic rings. The first kappa shape index (κ1) is 30.4. The first-order valence-electron chi connectivity index (χ1n) is 14.3. The molecular formula is C30H46N2O7Si. The number of aliphatic hydroxyl groups is 1.